The number of hydrogen-bond acceptors (Lipinski definition) is 1. The molecule has 0 aliphatic heterocycles. The Labute approximate surface area is 113 Å². The van der Waals surface area contributed by atoms with Gasteiger partial charge in [-0.2, -0.15) is 0 Å². The van der Waals surface area contributed by atoms with E-state index in [1.54, 1.807) is 0 Å². The zero-order valence-electron chi connectivity index (χ0n) is 10.8. The topological polar surface area (TPSA) is 12.0 Å². The summed E-state index contributed by atoms with van der Waals surface area (Å²) < 4.78 is 1.18. The molecule has 0 radical (unpaired) electrons. The first-order chi connectivity index (χ1) is 8.15. The lowest BCUT2D eigenvalue weighted by Gasteiger charge is -2.27. The highest BCUT2D eigenvalue weighted by Crippen LogP contribution is 2.30. The van der Waals surface area contributed by atoms with Gasteiger partial charge in [-0.25, -0.2) is 0 Å². The van der Waals surface area contributed by atoms with Crippen LogP contribution in [0.1, 0.15) is 38.2 Å². The molecule has 0 aromatic heterocycles. The van der Waals surface area contributed by atoms with Crippen molar-refractivity contribution in [3.8, 4) is 0 Å². The molecule has 2 atom stereocenters. The SMILES string of the molecule is Cc1ccc(NCC2CCCC(C)C2)c(Br)c1. The average molecular weight is 296 g/mol. The first kappa shape index (κ1) is 12.9. The van der Waals surface area contributed by atoms with Crippen LogP contribution >= 0.6 is 15.9 Å². The average Bonchev–Trinajstić information content (AvgIpc) is 2.28. The predicted octanol–water partition coefficient (Wildman–Crippen LogP) is 5.00. The van der Waals surface area contributed by atoms with Crippen LogP contribution in [-0.4, -0.2) is 6.54 Å². The van der Waals surface area contributed by atoms with Gasteiger partial charge < -0.3 is 5.32 Å². The summed E-state index contributed by atoms with van der Waals surface area (Å²) in [6.07, 6.45) is 5.60. The molecule has 1 aliphatic carbocycles. The van der Waals surface area contributed by atoms with Gasteiger partial charge in [-0.15, -0.1) is 0 Å². The maximum absolute atomic E-state index is 3.62. The van der Waals surface area contributed by atoms with Crippen LogP contribution < -0.4 is 5.32 Å². The molecule has 1 aromatic carbocycles. The summed E-state index contributed by atoms with van der Waals surface area (Å²) in [6.45, 7) is 5.62. The Hall–Kier alpha value is -0.500. The van der Waals surface area contributed by atoms with Crippen molar-refractivity contribution in [2.24, 2.45) is 11.8 Å². The smallest absolute Gasteiger partial charge is 0.0484 e. The summed E-state index contributed by atoms with van der Waals surface area (Å²) in [7, 11) is 0. The summed E-state index contributed by atoms with van der Waals surface area (Å²) in [4.78, 5) is 0. The second-order valence-electron chi connectivity index (χ2n) is 5.50. The molecule has 2 heteroatoms. The summed E-state index contributed by atoms with van der Waals surface area (Å²) in [5.41, 5.74) is 2.53. The standard InChI is InChI=1S/C15H22BrN/c1-11-4-3-5-13(8-11)10-17-15-7-6-12(2)9-14(15)16/h6-7,9,11,13,17H,3-5,8,10H2,1-2H3. The van der Waals surface area contributed by atoms with Crippen molar-refractivity contribution in [2.45, 2.75) is 39.5 Å². The molecule has 94 valence electrons. The fraction of sp³-hybridized carbons (Fsp3) is 0.600. The van der Waals surface area contributed by atoms with Gasteiger partial charge in [-0.1, -0.05) is 25.8 Å². The van der Waals surface area contributed by atoms with Crippen LogP contribution in [0.2, 0.25) is 0 Å². The van der Waals surface area contributed by atoms with E-state index in [0.717, 1.165) is 18.4 Å². The molecule has 0 amide bonds. The second kappa shape index (κ2) is 5.90. The molecular weight excluding hydrogens is 274 g/mol. The third kappa shape index (κ3) is 3.74. The van der Waals surface area contributed by atoms with Gasteiger partial charge in [0, 0.05) is 16.7 Å². The summed E-state index contributed by atoms with van der Waals surface area (Å²) in [5.74, 6) is 1.77. The Kier molecular flexibility index (Phi) is 4.49. The Bertz CT molecular complexity index is 375. The van der Waals surface area contributed by atoms with Gasteiger partial charge in [-0.05, 0) is 65.2 Å². The number of benzene rings is 1. The molecular formula is C15H22BrN. The van der Waals surface area contributed by atoms with Crippen molar-refractivity contribution in [1.82, 2.24) is 0 Å². The highest BCUT2D eigenvalue weighted by atomic mass is 79.9. The van der Waals surface area contributed by atoms with Crippen molar-refractivity contribution in [3.05, 3.63) is 28.2 Å². The molecule has 2 unspecified atom stereocenters. The molecule has 0 bridgehead atoms. The molecule has 1 aromatic rings. The molecule has 2 rings (SSSR count). The van der Waals surface area contributed by atoms with Gasteiger partial charge in [0.2, 0.25) is 0 Å². The fourth-order valence-corrected chi connectivity index (χ4v) is 3.40. The Morgan fingerprint density at radius 2 is 2.18 bits per heavy atom. The monoisotopic (exact) mass is 295 g/mol. The number of hydrogen-bond donors (Lipinski definition) is 1. The third-order valence-electron chi connectivity index (χ3n) is 3.75. The molecule has 1 N–H and O–H groups in total. The lowest BCUT2D eigenvalue weighted by atomic mass is 9.82. The Balaban J connectivity index is 1.88. The van der Waals surface area contributed by atoms with Crippen molar-refractivity contribution >= 4 is 21.6 Å². The molecule has 1 fully saturated rings. The number of aryl methyl sites for hydroxylation is 1. The fourth-order valence-electron chi connectivity index (χ4n) is 2.76. The summed E-state index contributed by atoms with van der Waals surface area (Å²) in [5, 5.41) is 3.58. The molecule has 17 heavy (non-hydrogen) atoms. The minimum atomic E-state index is 0.854. The van der Waals surface area contributed by atoms with Crippen LogP contribution in [0.5, 0.6) is 0 Å². The number of rotatable bonds is 3. The zero-order chi connectivity index (χ0) is 12.3. The molecule has 0 heterocycles. The van der Waals surface area contributed by atoms with Crippen LogP contribution in [0, 0.1) is 18.8 Å². The number of anilines is 1. The second-order valence-corrected chi connectivity index (χ2v) is 6.36. The van der Waals surface area contributed by atoms with Crippen molar-refractivity contribution in [2.75, 3.05) is 11.9 Å². The zero-order valence-corrected chi connectivity index (χ0v) is 12.4. The van der Waals surface area contributed by atoms with Crippen LogP contribution in [0.4, 0.5) is 5.69 Å². The first-order valence-corrected chi connectivity index (χ1v) is 7.44. The van der Waals surface area contributed by atoms with Crippen LogP contribution in [-0.2, 0) is 0 Å². The van der Waals surface area contributed by atoms with Gasteiger partial charge in [-0.3, -0.25) is 0 Å². The first-order valence-electron chi connectivity index (χ1n) is 6.65. The van der Waals surface area contributed by atoms with Gasteiger partial charge in [0.1, 0.15) is 0 Å². The molecule has 1 nitrogen and oxygen atoms in total. The van der Waals surface area contributed by atoms with Crippen molar-refractivity contribution in [1.29, 1.82) is 0 Å². The van der Waals surface area contributed by atoms with Crippen LogP contribution in [0.15, 0.2) is 22.7 Å². The minimum Gasteiger partial charge on any atom is -0.384 e. The Morgan fingerprint density at radius 3 is 2.88 bits per heavy atom. The third-order valence-corrected chi connectivity index (χ3v) is 4.41. The van der Waals surface area contributed by atoms with Crippen LogP contribution in [0.25, 0.3) is 0 Å². The lowest BCUT2D eigenvalue weighted by molar-refractivity contribution is 0.293. The van der Waals surface area contributed by atoms with E-state index >= 15 is 0 Å². The summed E-state index contributed by atoms with van der Waals surface area (Å²) >= 11 is 3.62. The quantitative estimate of drug-likeness (QED) is 0.828. The minimum absolute atomic E-state index is 0.854. The normalized spacial score (nSPS) is 24.6. The van der Waals surface area contributed by atoms with E-state index in [1.165, 1.54) is 41.4 Å². The van der Waals surface area contributed by atoms with E-state index in [1.807, 2.05) is 0 Å². The maximum atomic E-state index is 3.62. The van der Waals surface area contributed by atoms with E-state index in [-0.39, 0.29) is 0 Å². The largest absolute Gasteiger partial charge is 0.384 e. The van der Waals surface area contributed by atoms with E-state index in [4.69, 9.17) is 0 Å². The molecule has 1 aliphatic rings. The van der Waals surface area contributed by atoms with E-state index in [9.17, 15) is 0 Å². The predicted molar refractivity (Wildman–Crippen MR) is 78.5 cm³/mol. The van der Waals surface area contributed by atoms with E-state index < -0.39 is 0 Å². The van der Waals surface area contributed by atoms with Crippen molar-refractivity contribution in [3.63, 3.8) is 0 Å². The highest BCUT2D eigenvalue weighted by Gasteiger charge is 2.18. The van der Waals surface area contributed by atoms with E-state index in [2.05, 4.69) is 53.3 Å². The number of nitrogens with one attached hydrogen (secondary N) is 1. The lowest BCUT2D eigenvalue weighted by Crippen LogP contribution is -2.21. The number of halogens is 1. The van der Waals surface area contributed by atoms with Gasteiger partial charge in [0.25, 0.3) is 0 Å². The van der Waals surface area contributed by atoms with Gasteiger partial charge >= 0.3 is 0 Å². The molecule has 1 saturated carbocycles. The maximum Gasteiger partial charge on any atom is 0.0484 e. The summed E-state index contributed by atoms with van der Waals surface area (Å²) in [6, 6.07) is 6.51. The molecule has 0 spiro atoms. The highest BCUT2D eigenvalue weighted by molar-refractivity contribution is 9.10. The van der Waals surface area contributed by atoms with E-state index in [0.29, 0.717) is 0 Å². The van der Waals surface area contributed by atoms with Crippen molar-refractivity contribution < 1.29 is 0 Å². The van der Waals surface area contributed by atoms with Crippen LogP contribution in [0.3, 0.4) is 0 Å². The Morgan fingerprint density at radius 1 is 1.35 bits per heavy atom. The van der Waals surface area contributed by atoms with Gasteiger partial charge in [0.15, 0.2) is 0 Å². The molecule has 0 saturated heterocycles. The van der Waals surface area contributed by atoms with Gasteiger partial charge in [0.05, 0.1) is 0 Å².